The number of hydrogen-bond donors (Lipinski definition) is 1. The first-order valence-corrected chi connectivity index (χ1v) is 14.3. The molecule has 1 aliphatic heterocycles. The van der Waals surface area contributed by atoms with E-state index in [4.69, 9.17) is 21.1 Å². The zero-order valence-electron chi connectivity index (χ0n) is 21.9. The first-order valence-electron chi connectivity index (χ1n) is 13.1. The second-order valence-electron chi connectivity index (χ2n) is 10.3. The number of halogens is 4. The van der Waals surface area contributed by atoms with Crippen LogP contribution in [-0.4, -0.2) is 51.7 Å². The summed E-state index contributed by atoms with van der Waals surface area (Å²) < 4.78 is 53.4. The van der Waals surface area contributed by atoms with E-state index in [0.29, 0.717) is 32.3 Å². The number of alkyl halides is 3. The van der Waals surface area contributed by atoms with Gasteiger partial charge in [0.2, 0.25) is 0 Å². The van der Waals surface area contributed by atoms with Crippen molar-refractivity contribution in [2.45, 2.75) is 57.3 Å². The Kier molecular flexibility index (Phi) is 7.43. The van der Waals surface area contributed by atoms with Gasteiger partial charge >= 0.3 is 11.9 Å². The Morgan fingerprint density at radius 1 is 1.20 bits per heavy atom. The number of fused-ring (bicyclic) bond motifs is 2. The lowest BCUT2D eigenvalue weighted by atomic mass is 10.0. The van der Waals surface area contributed by atoms with Gasteiger partial charge in [-0.1, -0.05) is 11.6 Å². The van der Waals surface area contributed by atoms with Gasteiger partial charge < -0.3 is 14.8 Å². The van der Waals surface area contributed by atoms with Crippen LogP contribution in [-0.2, 0) is 17.8 Å². The lowest BCUT2D eigenvalue weighted by Gasteiger charge is -2.26. The maximum Gasteiger partial charge on any atom is 0.406 e. The van der Waals surface area contributed by atoms with Gasteiger partial charge in [-0.25, -0.2) is 4.79 Å². The van der Waals surface area contributed by atoms with Crippen LogP contribution in [0, 0.1) is 6.92 Å². The van der Waals surface area contributed by atoms with Crippen molar-refractivity contribution in [2.24, 2.45) is 0 Å². The summed E-state index contributed by atoms with van der Waals surface area (Å²) >= 11 is 7.80. The SMILES string of the molecule is Cc1cc(Cl)cc(-c2ccnc3cc(Cn4c(=O)ccn(CC(F)(F)F)c4=O)sc23)c1O[C@H]1C[C@@H]2NCCO[C@H]2C1. The number of benzene rings is 1. The normalized spacial score (nSPS) is 20.9. The number of morpholine rings is 1. The van der Waals surface area contributed by atoms with E-state index >= 15 is 0 Å². The Morgan fingerprint density at radius 2 is 2.02 bits per heavy atom. The first kappa shape index (κ1) is 28.0. The maximum absolute atomic E-state index is 12.9. The van der Waals surface area contributed by atoms with Crippen LogP contribution in [0.1, 0.15) is 23.3 Å². The smallest absolute Gasteiger partial charge is 0.406 e. The molecular weight excluding hydrogens is 581 g/mol. The highest BCUT2D eigenvalue weighted by molar-refractivity contribution is 7.19. The number of hydrogen-bond acceptors (Lipinski definition) is 7. The third-order valence-corrected chi connectivity index (χ3v) is 8.74. The van der Waals surface area contributed by atoms with Gasteiger partial charge in [0.1, 0.15) is 18.4 Å². The number of nitrogens with zero attached hydrogens (tertiary/aromatic N) is 3. The van der Waals surface area contributed by atoms with E-state index in [2.05, 4.69) is 10.3 Å². The van der Waals surface area contributed by atoms with Crippen molar-refractivity contribution in [3.05, 3.63) is 79.0 Å². The minimum atomic E-state index is -4.60. The second kappa shape index (κ2) is 10.9. The van der Waals surface area contributed by atoms with Crippen molar-refractivity contribution in [3.63, 3.8) is 0 Å². The van der Waals surface area contributed by atoms with Crippen molar-refractivity contribution in [2.75, 3.05) is 13.2 Å². The molecule has 8 nitrogen and oxygen atoms in total. The minimum absolute atomic E-state index is 0.0470. The first-order chi connectivity index (χ1) is 19.6. The van der Waals surface area contributed by atoms with Crippen molar-refractivity contribution in [1.29, 1.82) is 0 Å². The molecule has 13 heteroatoms. The van der Waals surface area contributed by atoms with Crippen molar-refractivity contribution < 1.29 is 22.6 Å². The van der Waals surface area contributed by atoms with E-state index in [1.807, 2.05) is 25.1 Å². The van der Waals surface area contributed by atoms with Gasteiger partial charge in [0, 0.05) is 64.9 Å². The van der Waals surface area contributed by atoms with Gasteiger partial charge in [-0.05, 0) is 36.8 Å². The molecule has 1 saturated heterocycles. The van der Waals surface area contributed by atoms with Crippen LogP contribution in [0.3, 0.4) is 0 Å². The molecule has 41 heavy (non-hydrogen) atoms. The molecule has 2 fully saturated rings. The molecule has 4 aromatic rings. The second-order valence-corrected chi connectivity index (χ2v) is 11.9. The Labute approximate surface area is 241 Å². The quantitative estimate of drug-likeness (QED) is 0.341. The number of aromatic nitrogens is 3. The zero-order valence-corrected chi connectivity index (χ0v) is 23.5. The summed E-state index contributed by atoms with van der Waals surface area (Å²) in [5, 5.41) is 4.04. The van der Waals surface area contributed by atoms with Crippen LogP contribution in [0.2, 0.25) is 5.02 Å². The van der Waals surface area contributed by atoms with E-state index in [-0.39, 0.29) is 24.8 Å². The summed E-state index contributed by atoms with van der Waals surface area (Å²) in [4.78, 5) is 30.2. The lowest BCUT2D eigenvalue weighted by Crippen LogP contribution is -2.44. The predicted molar refractivity (Wildman–Crippen MR) is 150 cm³/mol. The summed E-state index contributed by atoms with van der Waals surface area (Å²) in [5.74, 6) is 0.704. The van der Waals surface area contributed by atoms with Gasteiger partial charge in [-0.2, -0.15) is 13.2 Å². The third-order valence-electron chi connectivity index (χ3n) is 7.38. The molecule has 3 aromatic heterocycles. The fourth-order valence-electron chi connectivity index (χ4n) is 5.61. The van der Waals surface area contributed by atoms with Crippen LogP contribution in [0.15, 0.2) is 52.3 Å². The number of rotatable bonds is 6. The van der Waals surface area contributed by atoms with Crippen LogP contribution < -0.4 is 21.3 Å². The van der Waals surface area contributed by atoms with Crippen LogP contribution >= 0.6 is 22.9 Å². The van der Waals surface area contributed by atoms with Crippen molar-refractivity contribution >= 4 is 33.2 Å². The highest BCUT2D eigenvalue weighted by atomic mass is 35.5. The molecule has 6 rings (SSSR count). The summed E-state index contributed by atoms with van der Waals surface area (Å²) in [6.07, 6.45) is -0.430. The minimum Gasteiger partial charge on any atom is -0.489 e. The predicted octanol–water partition coefficient (Wildman–Crippen LogP) is 4.76. The molecule has 0 unspecified atom stereocenters. The van der Waals surface area contributed by atoms with Gasteiger partial charge in [-0.15, -0.1) is 11.3 Å². The summed E-state index contributed by atoms with van der Waals surface area (Å²) in [6.45, 7) is 1.77. The van der Waals surface area contributed by atoms with Gasteiger partial charge in [0.15, 0.2) is 0 Å². The highest BCUT2D eigenvalue weighted by Crippen LogP contribution is 2.43. The molecule has 1 aliphatic carbocycles. The zero-order chi connectivity index (χ0) is 28.9. The maximum atomic E-state index is 12.9. The van der Waals surface area contributed by atoms with E-state index in [1.165, 1.54) is 11.3 Å². The van der Waals surface area contributed by atoms with Crippen LogP contribution in [0.25, 0.3) is 21.3 Å². The Bertz CT molecular complexity index is 1720. The molecule has 4 heterocycles. The molecule has 216 valence electrons. The van der Waals surface area contributed by atoms with E-state index in [0.717, 1.165) is 57.6 Å². The summed E-state index contributed by atoms with van der Waals surface area (Å²) in [5.41, 5.74) is 1.37. The fourth-order valence-corrected chi connectivity index (χ4v) is 7.01. The highest BCUT2D eigenvalue weighted by Gasteiger charge is 2.38. The summed E-state index contributed by atoms with van der Waals surface area (Å²) in [6, 6.07) is 8.49. The molecule has 1 N–H and O–H groups in total. The van der Waals surface area contributed by atoms with Gasteiger partial charge in [-0.3, -0.25) is 18.9 Å². The van der Waals surface area contributed by atoms with E-state index in [9.17, 15) is 22.8 Å². The summed E-state index contributed by atoms with van der Waals surface area (Å²) in [7, 11) is 0. The average molecular weight is 607 g/mol. The number of thiophene rings is 1. The number of pyridine rings is 1. The van der Waals surface area contributed by atoms with Gasteiger partial charge in [0.25, 0.3) is 5.56 Å². The Balaban J connectivity index is 1.36. The topological polar surface area (TPSA) is 87.4 Å². The van der Waals surface area contributed by atoms with Crippen molar-refractivity contribution in [1.82, 2.24) is 19.4 Å². The van der Waals surface area contributed by atoms with Crippen LogP contribution in [0.5, 0.6) is 5.75 Å². The molecule has 0 radical (unpaired) electrons. The molecule has 3 atom stereocenters. The Morgan fingerprint density at radius 3 is 2.80 bits per heavy atom. The third kappa shape index (κ3) is 5.78. The monoisotopic (exact) mass is 606 g/mol. The van der Waals surface area contributed by atoms with Crippen molar-refractivity contribution in [3.8, 4) is 16.9 Å². The van der Waals surface area contributed by atoms with Gasteiger partial charge in [0.05, 0.1) is 29.5 Å². The fraction of sp³-hybridized carbons (Fsp3) is 0.393. The molecule has 1 saturated carbocycles. The number of aryl methyl sites for hydroxylation is 1. The molecular formula is C28H26ClF3N4O4S. The number of nitrogens with one attached hydrogen (secondary N) is 1. The Hall–Kier alpha value is -3.19. The molecule has 1 aromatic carbocycles. The standard InChI is InChI=1S/C28H26ClF3N4O4S/c1-15-8-16(29)9-20(25(15)40-17-10-21-23(11-17)39-7-5-34-21)19-2-4-33-22-12-18(41-26(19)22)13-36-24(37)3-6-35(27(36)38)14-28(30,31)32/h2-4,6,8-9,12,17,21,23,34H,5,7,10-11,13-14H2,1H3/t17-,21-,23-/m0/s1. The lowest BCUT2D eigenvalue weighted by molar-refractivity contribution is -0.141. The molecule has 0 bridgehead atoms. The van der Waals surface area contributed by atoms with E-state index in [1.54, 1.807) is 12.3 Å². The molecule has 2 aliphatic rings. The molecule has 0 spiro atoms. The average Bonchev–Trinajstić information content (AvgIpc) is 3.52. The number of ether oxygens (including phenoxy) is 2. The van der Waals surface area contributed by atoms with Crippen LogP contribution in [0.4, 0.5) is 13.2 Å². The molecule has 0 amide bonds. The van der Waals surface area contributed by atoms with E-state index < -0.39 is 24.0 Å². The largest absolute Gasteiger partial charge is 0.489 e.